The molecule has 10 nitrogen and oxygen atoms in total. The van der Waals surface area contributed by atoms with Crippen molar-refractivity contribution in [1.82, 2.24) is 4.98 Å². The maximum Gasteiger partial charge on any atom is 0.314 e. The third kappa shape index (κ3) is 5.89. The van der Waals surface area contributed by atoms with Gasteiger partial charge in [-0.25, -0.2) is 18.4 Å². The van der Waals surface area contributed by atoms with Crippen LogP contribution in [0.15, 0.2) is 63.5 Å². The summed E-state index contributed by atoms with van der Waals surface area (Å²) in [5.74, 6) is 1.45. The Morgan fingerprint density at radius 2 is 1.61 bits per heavy atom. The first kappa shape index (κ1) is 30.3. The number of aryl methyl sites for hydroxylation is 1. The second-order valence-corrected chi connectivity index (χ2v) is 13.6. The molecule has 2 heterocycles. The molecule has 0 amide bonds. The van der Waals surface area contributed by atoms with E-state index >= 15 is 0 Å². The summed E-state index contributed by atoms with van der Waals surface area (Å²) >= 11 is 1.06. The van der Waals surface area contributed by atoms with E-state index < -0.39 is 25.5 Å². The minimum Gasteiger partial charge on any atom is -0.497 e. The van der Waals surface area contributed by atoms with Crippen molar-refractivity contribution in [2.24, 2.45) is 15.4 Å². The van der Waals surface area contributed by atoms with Gasteiger partial charge in [0.2, 0.25) is 9.84 Å². The lowest BCUT2D eigenvalue weighted by Gasteiger charge is -2.24. The molecule has 3 aromatic rings. The van der Waals surface area contributed by atoms with Crippen LogP contribution in [0.3, 0.4) is 0 Å². The van der Waals surface area contributed by atoms with Crippen LogP contribution in [0.25, 0.3) is 0 Å². The van der Waals surface area contributed by atoms with E-state index in [2.05, 4.69) is 15.0 Å². The molecule has 1 aliphatic heterocycles. The smallest absolute Gasteiger partial charge is 0.314 e. The van der Waals surface area contributed by atoms with Gasteiger partial charge in [-0.3, -0.25) is 9.78 Å². The van der Waals surface area contributed by atoms with E-state index in [0.29, 0.717) is 33.7 Å². The number of nitrogens with zero attached hydrogens (tertiary/aromatic N) is 3. The van der Waals surface area contributed by atoms with Crippen LogP contribution in [-0.2, 0) is 25.1 Å². The summed E-state index contributed by atoms with van der Waals surface area (Å²) in [6.07, 6.45) is 1.70. The minimum absolute atomic E-state index is 0.0167. The molecule has 4 rings (SSSR count). The number of rotatable bonds is 11. The molecule has 0 N–H and O–H groups in total. The van der Waals surface area contributed by atoms with Crippen LogP contribution in [-0.4, -0.2) is 51.6 Å². The zero-order valence-corrected chi connectivity index (χ0v) is 25.7. The highest BCUT2D eigenvalue weighted by molar-refractivity contribution is 8.14. The highest BCUT2D eigenvalue weighted by Crippen LogP contribution is 2.42. The predicted molar refractivity (Wildman–Crippen MR) is 155 cm³/mol. The van der Waals surface area contributed by atoms with Crippen molar-refractivity contribution in [3.8, 4) is 17.2 Å². The molecule has 12 heteroatoms. The lowest BCUT2D eigenvalue weighted by atomic mass is 9.95. The number of carbonyl (C=O) groups is 1. The number of ether oxygens (including phenoxy) is 4. The van der Waals surface area contributed by atoms with Crippen molar-refractivity contribution in [3.63, 3.8) is 0 Å². The number of methoxy groups -OCH3 is 3. The molecule has 2 aromatic carbocycles. The molecule has 0 aliphatic carbocycles. The molecule has 0 radical (unpaired) electrons. The molecule has 1 unspecified atom stereocenters. The van der Waals surface area contributed by atoms with Gasteiger partial charge in [-0.05, 0) is 64.1 Å². The number of fused-ring (bicyclic) bond motifs is 1. The summed E-state index contributed by atoms with van der Waals surface area (Å²) in [5.41, 5.74) is 1.50. The maximum absolute atomic E-state index is 14.2. The predicted octanol–water partition coefficient (Wildman–Crippen LogP) is 3.57. The van der Waals surface area contributed by atoms with Crippen molar-refractivity contribution >= 4 is 27.6 Å². The minimum atomic E-state index is -4.17. The second-order valence-electron chi connectivity index (χ2n) is 10.1. The summed E-state index contributed by atoms with van der Waals surface area (Å²) in [7, 11) is 0.266. The first-order valence-corrected chi connectivity index (χ1v) is 15.2. The summed E-state index contributed by atoms with van der Waals surface area (Å²) < 4.78 is 48.0. The molecular weight excluding hydrogens is 566 g/mol. The number of sulfone groups is 1. The normalized spacial score (nSPS) is 16.3. The van der Waals surface area contributed by atoms with Gasteiger partial charge in [0.15, 0.2) is 0 Å². The maximum atomic E-state index is 14.2. The largest absolute Gasteiger partial charge is 0.497 e. The molecule has 0 saturated carbocycles. The van der Waals surface area contributed by atoms with E-state index in [4.69, 9.17) is 18.9 Å². The fourth-order valence-corrected chi connectivity index (χ4v) is 7.52. The van der Waals surface area contributed by atoms with Gasteiger partial charge in [0.1, 0.15) is 23.9 Å². The van der Waals surface area contributed by atoms with Crippen molar-refractivity contribution in [3.05, 3.63) is 76.2 Å². The fraction of sp³-hybridized carbons (Fsp3) is 0.379. The summed E-state index contributed by atoms with van der Waals surface area (Å²) in [4.78, 5) is 25.8. The Labute approximate surface area is 243 Å². The van der Waals surface area contributed by atoms with E-state index in [0.717, 1.165) is 22.9 Å². The van der Waals surface area contributed by atoms with Crippen molar-refractivity contribution < 1.29 is 32.2 Å². The van der Waals surface area contributed by atoms with Crippen molar-refractivity contribution in [2.75, 3.05) is 27.9 Å². The second kappa shape index (κ2) is 11.7. The SMILES string of the molecule is COC(=O)C(C)(C)COc1ccc(S(=O)(=O)C2(SCc3ncc(C)c(OC)c3C)N=c3ccc(OC)cc3=N2)cc1. The van der Waals surface area contributed by atoms with Crippen LogP contribution in [0, 0.1) is 19.3 Å². The van der Waals surface area contributed by atoms with E-state index in [1.165, 1.54) is 26.4 Å². The number of pyridine rings is 1. The third-order valence-corrected chi connectivity index (χ3v) is 10.4. The van der Waals surface area contributed by atoms with Gasteiger partial charge < -0.3 is 18.9 Å². The molecule has 1 aromatic heterocycles. The van der Waals surface area contributed by atoms with Gasteiger partial charge in [-0.1, -0.05) is 11.8 Å². The Bertz CT molecular complexity index is 1690. The van der Waals surface area contributed by atoms with E-state index in [1.54, 1.807) is 57.5 Å². The third-order valence-electron chi connectivity index (χ3n) is 6.67. The summed E-state index contributed by atoms with van der Waals surface area (Å²) in [5, 5.41) is 0.856. The van der Waals surface area contributed by atoms with Crippen LogP contribution in [0.5, 0.6) is 17.2 Å². The van der Waals surface area contributed by atoms with E-state index in [1.807, 2.05) is 13.8 Å². The standard InChI is InChI=1S/C29H33N3O7S2/c1-18-15-30-25(19(2)26(18)37-6)16-40-29(31-23-13-10-21(36-5)14-24(23)32-29)41(34,35)22-11-8-20(9-12-22)39-17-28(3,4)27(33)38-7/h8-15H,16-17H2,1-7H3. The lowest BCUT2D eigenvalue weighted by molar-refractivity contribution is -0.152. The number of carbonyl (C=O) groups excluding carboxylic acids is 1. The number of aromatic nitrogens is 1. The van der Waals surface area contributed by atoms with Crippen LogP contribution in [0.4, 0.5) is 0 Å². The molecule has 1 aliphatic rings. The summed E-state index contributed by atoms with van der Waals surface area (Å²) in [6.45, 7) is 7.25. The van der Waals surface area contributed by atoms with Gasteiger partial charge in [-0.2, -0.15) is 0 Å². The van der Waals surface area contributed by atoms with Gasteiger partial charge in [0.05, 0.1) is 48.0 Å². The van der Waals surface area contributed by atoms with Crippen LogP contribution in [0.2, 0.25) is 0 Å². The van der Waals surface area contributed by atoms with Crippen LogP contribution in [0.1, 0.15) is 30.7 Å². The van der Waals surface area contributed by atoms with Gasteiger partial charge >= 0.3 is 10.3 Å². The number of benzene rings is 2. The van der Waals surface area contributed by atoms with E-state index in [-0.39, 0.29) is 17.3 Å². The number of esters is 1. The van der Waals surface area contributed by atoms with Gasteiger partial charge in [0.25, 0.3) is 0 Å². The fourth-order valence-electron chi connectivity index (χ4n) is 4.25. The molecule has 41 heavy (non-hydrogen) atoms. The topological polar surface area (TPSA) is 126 Å². The van der Waals surface area contributed by atoms with Crippen LogP contribution >= 0.6 is 11.8 Å². The van der Waals surface area contributed by atoms with Crippen molar-refractivity contribution in [2.45, 2.75) is 42.7 Å². The summed E-state index contributed by atoms with van der Waals surface area (Å²) in [6, 6.07) is 11.0. The zero-order chi connectivity index (χ0) is 30.0. The average Bonchev–Trinajstić information content (AvgIpc) is 3.35. The first-order chi connectivity index (χ1) is 19.4. The molecule has 0 spiro atoms. The molecule has 0 fully saturated rings. The Hall–Kier alpha value is -3.64. The first-order valence-electron chi connectivity index (χ1n) is 12.7. The zero-order valence-electron chi connectivity index (χ0n) is 24.0. The average molecular weight is 600 g/mol. The Balaban J connectivity index is 1.70. The molecule has 218 valence electrons. The molecular formula is C29H33N3O7S2. The van der Waals surface area contributed by atoms with Crippen LogP contribution < -0.4 is 24.9 Å². The Morgan fingerprint density at radius 3 is 2.24 bits per heavy atom. The Kier molecular flexibility index (Phi) is 8.65. The molecule has 1 atom stereocenters. The molecule has 0 bridgehead atoms. The highest BCUT2D eigenvalue weighted by atomic mass is 32.3. The van der Waals surface area contributed by atoms with E-state index in [9.17, 15) is 13.2 Å². The number of hydrogen-bond acceptors (Lipinski definition) is 11. The monoisotopic (exact) mass is 599 g/mol. The lowest BCUT2D eigenvalue weighted by Crippen LogP contribution is -2.32. The molecule has 0 saturated heterocycles. The number of hydrogen-bond donors (Lipinski definition) is 0. The quantitative estimate of drug-likeness (QED) is 0.304. The Morgan fingerprint density at radius 1 is 0.951 bits per heavy atom. The van der Waals surface area contributed by atoms with Crippen molar-refractivity contribution in [1.29, 1.82) is 0 Å². The highest BCUT2D eigenvalue weighted by Gasteiger charge is 2.47. The number of thioether (sulfide) groups is 1. The van der Waals surface area contributed by atoms with Gasteiger partial charge in [0, 0.05) is 29.1 Å². The van der Waals surface area contributed by atoms with Gasteiger partial charge in [-0.15, -0.1) is 0 Å².